The van der Waals surface area contributed by atoms with Crippen molar-refractivity contribution in [1.29, 1.82) is 0 Å². The first-order valence-corrected chi connectivity index (χ1v) is 11.2. The number of hydrogen-bond acceptors (Lipinski definition) is 5. The molecule has 0 aliphatic rings. The summed E-state index contributed by atoms with van der Waals surface area (Å²) in [5.74, 6) is -0.750. The highest BCUT2D eigenvalue weighted by atomic mass is 16.2. The Morgan fingerprint density at radius 1 is 1.03 bits per heavy atom. The number of carbonyl (C=O) groups is 2. The third kappa shape index (κ3) is 5.83. The fourth-order valence-corrected chi connectivity index (χ4v) is 3.37. The number of hydrogen-bond donors (Lipinski definition) is 2. The molecule has 0 saturated heterocycles. The van der Waals surface area contributed by atoms with Crippen LogP contribution in [0.1, 0.15) is 64.4 Å². The molecule has 1 atom stereocenters. The first kappa shape index (κ1) is 24.1. The van der Waals surface area contributed by atoms with E-state index in [-0.39, 0.29) is 17.4 Å². The highest BCUT2D eigenvalue weighted by Gasteiger charge is 2.26. The van der Waals surface area contributed by atoms with Gasteiger partial charge in [-0.15, -0.1) is 0 Å². The van der Waals surface area contributed by atoms with Crippen LogP contribution in [0.5, 0.6) is 0 Å². The number of rotatable bonds is 6. The number of aryl methyl sites for hydroxylation is 1. The maximum Gasteiger partial charge on any atom is 0.314 e. The normalized spacial score (nSPS) is 12.5. The van der Waals surface area contributed by atoms with E-state index in [1.807, 2.05) is 58.9 Å². The lowest BCUT2D eigenvalue weighted by molar-refractivity contribution is -0.136. The Labute approximate surface area is 194 Å². The lowest BCUT2D eigenvalue weighted by Gasteiger charge is -2.23. The molecule has 3 rings (SSSR count). The van der Waals surface area contributed by atoms with Crippen LogP contribution in [0.25, 0.3) is 5.95 Å². The number of carbonyl (C=O) groups excluding carboxylic acids is 2. The van der Waals surface area contributed by atoms with Gasteiger partial charge in [-0.1, -0.05) is 65.8 Å². The van der Waals surface area contributed by atoms with E-state index in [0.29, 0.717) is 11.8 Å². The molecule has 0 bridgehead atoms. The molecule has 0 radical (unpaired) electrons. The monoisotopic (exact) mass is 448 g/mol. The maximum absolute atomic E-state index is 12.8. The molecule has 0 spiro atoms. The van der Waals surface area contributed by atoms with E-state index in [4.69, 9.17) is 0 Å². The third-order valence-electron chi connectivity index (χ3n) is 5.37. The van der Waals surface area contributed by atoms with E-state index in [9.17, 15) is 9.59 Å². The van der Waals surface area contributed by atoms with Crippen molar-refractivity contribution < 1.29 is 9.59 Å². The van der Waals surface area contributed by atoms with E-state index in [2.05, 4.69) is 32.6 Å². The van der Waals surface area contributed by atoms with Crippen LogP contribution >= 0.6 is 0 Å². The van der Waals surface area contributed by atoms with Crippen LogP contribution < -0.4 is 10.6 Å². The summed E-state index contributed by atoms with van der Waals surface area (Å²) in [6, 6.07) is 11.2. The number of anilines is 1. The van der Waals surface area contributed by atoms with Gasteiger partial charge in [-0.3, -0.25) is 9.59 Å². The summed E-state index contributed by atoms with van der Waals surface area (Å²) in [5, 5.41) is 10.1. The Balaban J connectivity index is 1.82. The summed E-state index contributed by atoms with van der Waals surface area (Å²) in [7, 11) is 0. The molecule has 2 heterocycles. The van der Waals surface area contributed by atoms with Gasteiger partial charge >= 0.3 is 11.8 Å². The molecule has 1 aromatic carbocycles. The van der Waals surface area contributed by atoms with Crippen LogP contribution in [0, 0.1) is 5.92 Å². The summed E-state index contributed by atoms with van der Waals surface area (Å²) >= 11 is 0. The molecule has 174 valence electrons. The summed E-state index contributed by atoms with van der Waals surface area (Å²) in [6.07, 6.45) is 4.13. The lowest BCUT2D eigenvalue weighted by Crippen LogP contribution is -2.39. The standard InChI is InChI=1S/C25H32N6O2/c1-7-17-9-11-18(12-10-17)21(16(2)3)29-23(33)22(32)28-20-15-19(25(4,5)6)30-31(20)24-26-13-8-14-27-24/h8-16,21H,7H2,1-6H3,(H,28,32)(H,29,33)/t21-/m0/s1. The Bertz CT molecular complexity index is 1100. The van der Waals surface area contributed by atoms with Crippen LogP contribution in [0.3, 0.4) is 0 Å². The van der Waals surface area contributed by atoms with Crippen molar-refractivity contribution in [3.63, 3.8) is 0 Å². The molecule has 3 aromatic rings. The number of amides is 2. The third-order valence-corrected chi connectivity index (χ3v) is 5.37. The summed E-state index contributed by atoms with van der Waals surface area (Å²) in [6.45, 7) is 12.2. The van der Waals surface area contributed by atoms with Crippen LogP contribution in [0.2, 0.25) is 0 Å². The molecule has 8 nitrogen and oxygen atoms in total. The average molecular weight is 449 g/mol. The zero-order chi connectivity index (χ0) is 24.2. The van der Waals surface area contributed by atoms with Gasteiger partial charge in [0.15, 0.2) is 0 Å². The highest BCUT2D eigenvalue weighted by Crippen LogP contribution is 2.26. The van der Waals surface area contributed by atoms with Crippen LogP contribution in [0.4, 0.5) is 5.82 Å². The molecule has 2 N–H and O–H groups in total. The van der Waals surface area contributed by atoms with E-state index < -0.39 is 11.8 Å². The van der Waals surface area contributed by atoms with Crippen molar-refractivity contribution >= 4 is 17.6 Å². The second-order valence-corrected chi connectivity index (χ2v) is 9.37. The van der Waals surface area contributed by atoms with E-state index in [0.717, 1.165) is 17.7 Å². The number of benzene rings is 1. The van der Waals surface area contributed by atoms with Gasteiger partial charge in [-0.05, 0) is 29.5 Å². The topological polar surface area (TPSA) is 102 Å². The largest absolute Gasteiger partial charge is 0.341 e. The molecule has 2 aromatic heterocycles. The molecule has 0 saturated carbocycles. The predicted molar refractivity (Wildman–Crippen MR) is 128 cm³/mol. The van der Waals surface area contributed by atoms with Crippen molar-refractivity contribution in [2.24, 2.45) is 5.92 Å². The van der Waals surface area contributed by atoms with Gasteiger partial charge in [0.25, 0.3) is 5.95 Å². The van der Waals surface area contributed by atoms with Crippen molar-refractivity contribution in [3.8, 4) is 5.95 Å². The van der Waals surface area contributed by atoms with E-state index in [1.165, 1.54) is 10.2 Å². The number of aromatic nitrogens is 4. The molecular weight excluding hydrogens is 416 g/mol. The minimum atomic E-state index is -0.775. The van der Waals surface area contributed by atoms with Gasteiger partial charge in [0.05, 0.1) is 11.7 Å². The van der Waals surface area contributed by atoms with Gasteiger partial charge in [-0.2, -0.15) is 9.78 Å². The maximum atomic E-state index is 12.8. The van der Waals surface area contributed by atoms with Crippen molar-refractivity contribution in [2.45, 2.75) is 59.4 Å². The zero-order valence-corrected chi connectivity index (χ0v) is 20.1. The molecule has 0 unspecified atom stereocenters. The quantitative estimate of drug-likeness (QED) is 0.556. The zero-order valence-electron chi connectivity index (χ0n) is 20.1. The Hall–Kier alpha value is -3.55. The fourth-order valence-electron chi connectivity index (χ4n) is 3.37. The highest BCUT2D eigenvalue weighted by molar-refractivity contribution is 6.39. The van der Waals surface area contributed by atoms with Crippen LogP contribution in [-0.2, 0) is 21.4 Å². The Morgan fingerprint density at radius 3 is 2.21 bits per heavy atom. The summed E-state index contributed by atoms with van der Waals surface area (Å²) in [5.41, 5.74) is 2.65. The first-order valence-electron chi connectivity index (χ1n) is 11.2. The number of nitrogens with one attached hydrogen (secondary N) is 2. The minimum absolute atomic E-state index is 0.102. The van der Waals surface area contributed by atoms with E-state index >= 15 is 0 Å². The lowest BCUT2D eigenvalue weighted by atomic mass is 9.92. The van der Waals surface area contributed by atoms with Crippen molar-refractivity contribution in [3.05, 3.63) is 65.6 Å². The van der Waals surface area contributed by atoms with Crippen LogP contribution in [-0.4, -0.2) is 31.6 Å². The van der Waals surface area contributed by atoms with Gasteiger partial charge in [-0.25, -0.2) is 9.97 Å². The Morgan fingerprint density at radius 2 is 1.67 bits per heavy atom. The average Bonchev–Trinajstić information content (AvgIpc) is 3.22. The molecule has 2 amide bonds. The molecule has 33 heavy (non-hydrogen) atoms. The predicted octanol–water partition coefficient (Wildman–Crippen LogP) is 3.97. The summed E-state index contributed by atoms with van der Waals surface area (Å²) < 4.78 is 1.44. The smallest absolute Gasteiger partial charge is 0.314 e. The van der Waals surface area contributed by atoms with Crippen molar-refractivity contribution in [2.75, 3.05) is 5.32 Å². The first-order chi connectivity index (χ1) is 15.6. The molecule has 0 aliphatic heterocycles. The molecular formula is C25H32N6O2. The minimum Gasteiger partial charge on any atom is -0.341 e. The number of nitrogens with zero attached hydrogens (tertiary/aromatic N) is 4. The molecule has 0 aliphatic carbocycles. The van der Waals surface area contributed by atoms with Crippen LogP contribution in [0.15, 0.2) is 48.8 Å². The van der Waals surface area contributed by atoms with Gasteiger partial charge in [0, 0.05) is 23.9 Å². The van der Waals surface area contributed by atoms with Gasteiger partial charge < -0.3 is 10.6 Å². The Kier molecular flexibility index (Phi) is 7.26. The van der Waals surface area contributed by atoms with E-state index in [1.54, 1.807) is 24.5 Å². The molecule has 0 fully saturated rings. The fraction of sp³-hybridized carbons (Fsp3) is 0.400. The summed E-state index contributed by atoms with van der Waals surface area (Å²) in [4.78, 5) is 34.1. The van der Waals surface area contributed by atoms with Gasteiger partial charge in [0.1, 0.15) is 5.82 Å². The second kappa shape index (κ2) is 9.94. The second-order valence-electron chi connectivity index (χ2n) is 9.37. The van der Waals surface area contributed by atoms with Crippen molar-refractivity contribution in [1.82, 2.24) is 25.1 Å². The SMILES string of the molecule is CCc1ccc([C@@H](NC(=O)C(=O)Nc2cc(C(C)(C)C)nn2-c2ncccn2)C(C)C)cc1. The van der Waals surface area contributed by atoms with Gasteiger partial charge in [0.2, 0.25) is 0 Å². The molecule has 8 heteroatoms.